The number of carbonyl (C=O) groups is 2. The summed E-state index contributed by atoms with van der Waals surface area (Å²) in [6.07, 6.45) is 12.7. The number of fused-ring (bicyclic) bond motifs is 1. The molecule has 0 spiro atoms. The van der Waals surface area contributed by atoms with Gasteiger partial charge in [0.25, 0.3) is 0 Å². The maximum atomic E-state index is 13.9. The minimum absolute atomic E-state index is 0.0367. The van der Waals surface area contributed by atoms with Gasteiger partial charge in [0.2, 0.25) is 10.0 Å². The van der Waals surface area contributed by atoms with Gasteiger partial charge < -0.3 is 15.5 Å². The lowest BCUT2D eigenvalue weighted by Gasteiger charge is -2.23. The summed E-state index contributed by atoms with van der Waals surface area (Å²) in [7, 11) is -3.87. The van der Waals surface area contributed by atoms with Crippen molar-refractivity contribution in [1.29, 1.82) is 0 Å². The van der Waals surface area contributed by atoms with E-state index in [-0.39, 0.29) is 29.0 Å². The minimum Gasteiger partial charge on any atom is -0.480 e. The molecule has 0 aliphatic rings. The molecule has 0 radical (unpaired) electrons. The van der Waals surface area contributed by atoms with Gasteiger partial charge in [-0.1, -0.05) is 78.1 Å². The molecular formula is C28H47N5O7S. The number of carboxylic acids is 2. The quantitative estimate of drug-likeness (QED) is 0.142. The van der Waals surface area contributed by atoms with E-state index in [2.05, 4.69) is 29.5 Å². The third-order valence-corrected chi connectivity index (χ3v) is 8.91. The molecule has 0 aliphatic carbocycles. The van der Waals surface area contributed by atoms with Crippen molar-refractivity contribution in [2.24, 2.45) is 0 Å². The number of hydrogen-bond donors (Lipinski definition) is 3. The smallest absolute Gasteiger partial charge is 0.317 e. The Morgan fingerprint density at radius 3 is 1.83 bits per heavy atom. The van der Waals surface area contributed by atoms with Crippen LogP contribution in [0.1, 0.15) is 90.9 Å². The molecule has 2 rings (SSSR count). The summed E-state index contributed by atoms with van der Waals surface area (Å²) in [4.78, 5) is 23.4. The number of aliphatic carboxylic acids is 2. The van der Waals surface area contributed by atoms with Crippen LogP contribution in [0.15, 0.2) is 21.7 Å². The van der Waals surface area contributed by atoms with E-state index in [1.165, 1.54) is 23.8 Å². The fourth-order valence-electron chi connectivity index (χ4n) is 4.77. The van der Waals surface area contributed by atoms with Gasteiger partial charge in [-0.05, 0) is 35.3 Å². The summed E-state index contributed by atoms with van der Waals surface area (Å²) in [5.74, 6) is -2.26. The highest BCUT2D eigenvalue weighted by Gasteiger charge is 2.28. The monoisotopic (exact) mass is 597 g/mol. The number of hydrogen-bond acceptors (Lipinski definition) is 9. The third-order valence-electron chi connectivity index (χ3n) is 6.98. The number of nitrogens with zero attached hydrogens (tertiary/aromatic N) is 4. The van der Waals surface area contributed by atoms with Crippen LogP contribution in [0, 0.1) is 0 Å². The highest BCUT2D eigenvalue weighted by atomic mass is 32.2. The van der Waals surface area contributed by atoms with Crippen molar-refractivity contribution in [3.05, 3.63) is 12.1 Å². The number of anilines is 1. The average Bonchev–Trinajstić information content (AvgIpc) is 3.40. The second kappa shape index (κ2) is 18.6. The van der Waals surface area contributed by atoms with Crippen LogP contribution in [0.2, 0.25) is 0 Å². The molecule has 0 bridgehead atoms. The van der Waals surface area contributed by atoms with Gasteiger partial charge in [-0.25, -0.2) is 13.0 Å². The zero-order chi connectivity index (χ0) is 30.1. The number of sulfonamides is 1. The van der Waals surface area contributed by atoms with E-state index < -0.39 is 35.1 Å². The van der Waals surface area contributed by atoms with Crippen molar-refractivity contribution in [3.63, 3.8) is 0 Å². The van der Waals surface area contributed by atoms with Gasteiger partial charge >= 0.3 is 11.9 Å². The van der Waals surface area contributed by atoms with Crippen LogP contribution in [0.5, 0.6) is 0 Å². The van der Waals surface area contributed by atoms with Crippen molar-refractivity contribution >= 4 is 38.7 Å². The van der Waals surface area contributed by atoms with Crippen molar-refractivity contribution in [3.8, 4) is 0 Å². The summed E-state index contributed by atoms with van der Waals surface area (Å²) >= 11 is 0. The molecule has 3 N–H and O–H groups in total. The summed E-state index contributed by atoms with van der Waals surface area (Å²) in [6, 6.07) is 3.08. The minimum atomic E-state index is -3.87. The van der Waals surface area contributed by atoms with Gasteiger partial charge in [0.05, 0.1) is 18.8 Å². The summed E-state index contributed by atoms with van der Waals surface area (Å²) in [5.41, 5.74) is 0.830. The first-order valence-electron chi connectivity index (χ1n) is 14.9. The molecule has 232 valence electrons. The number of unbranched alkanes of at least 4 members (excludes halogenated alkanes) is 10. The Hall–Kier alpha value is -2.77. The number of nitrogens with one attached hydrogen (secondary N) is 1. The maximum absolute atomic E-state index is 13.9. The van der Waals surface area contributed by atoms with Crippen LogP contribution in [-0.4, -0.2) is 89.4 Å². The van der Waals surface area contributed by atoms with Crippen LogP contribution in [0.4, 0.5) is 5.69 Å². The third kappa shape index (κ3) is 11.9. The molecule has 1 aromatic heterocycles. The van der Waals surface area contributed by atoms with Crippen LogP contribution in [-0.2, 0) is 19.6 Å². The molecule has 0 unspecified atom stereocenters. The summed E-state index contributed by atoms with van der Waals surface area (Å²) in [5, 5.41) is 29.0. The zero-order valence-electron chi connectivity index (χ0n) is 24.5. The van der Waals surface area contributed by atoms with E-state index >= 15 is 0 Å². The SMILES string of the molecule is CCCCCCCCN(CCCCCCCC)S(=O)(=O)c1ccc(NCCN(CC(=O)O)CC(=O)O)c2nonc12. The molecule has 0 fully saturated rings. The molecule has 0 atom stereocenters. The van der Waals surface area contributed by atoms with E-state index in [1.54, 1.807) is 10.4 Å². The van der Waals surface area contributed by atoms with Crippen LogP contribution < -0.4 is 5.32 Å². The number of aromatic nitrogens is 2. The van der Waals surface area contributed by atoms with Crippen molar-refractivity contribution in [2.75, 3.05) is 44.6 Å². The lowest BCUT2D eigenvalue weighted by molar-refractivity contribution is -0.141. The first kappa shape index (κ1) is 34.4. The van der Waals surface area contributed by atoms with Gasteiger partial charge in [-0.3, -0.25) is 14.5 Å². The molecule has 13 heteroatoms. The number of carboxylic acid groups (broad SMARTS) is 2. The molecule has 0 amide bonds. The standard InChI is InChI=1S/C28H47N5O7S/c1-3-5-7-9-11-13-18-33(19-14-12-10-8-6-4-2)41(38,39)24-16-15-23(27-28(24)31-40-30-27)29-17-20-32(21-25(34)35)22-26(36)37/h15-16,29H,3-14,17-22H2,1-2H3,(H,34,35)(H,36,37). The fraction of sp³-hybridized carbons (Fsp3) is 0.714. The second-order valence-corrected chi connectivity index (χ2v) is 12.3. The Balaban J connectivity index is 2.15. The van der Waals surface area contributed by atoms with E-state index in [0.717, 1.165) is 64.2 Å². The van der Waals surface area contributed by atoms with E-state index in [1.807, 2.05) is 0 Å². The fourth-order valence-corrected chi connectivity index (χ4v) is 6.40. The highest BCUT2D eigenvalue weighted by Crippen LogP contribution is 2.29. The van der Waals surface area contributed by atoms with E-state index in [0.29, 0.717) is 18.8 Å². The Morgan fingerprint density at radius 1 is 0.780 bits per heavy atom. The second-order valence-electron chi connectivity index (χ2n) is 10.4. The lowest BCUT2D eigenvalue weighted by Crippen LogP contribution is -2.37. The topological polar surface area (TPSA) is 166 Å². The molecule has 41 heavy (non-hydrogen) atoms. The van der Waals surface area contributed by atoms with Gasteiger partial charge in [0, 0.05) is 26.2 Å². The zero-order valence-corrected chi connectivity index (χ0v) is 25.3. The Morgan fingerprint density at radius 2 is 1.29 bits per heavy atom. The average molecular weight is 598 g/mol. The van der Waals surface area contributed by atoms with Crippen molar-refractivity contribution in [1.82, 2.24) is 19.5 Å². The predicted molar refractivity (Wildman–Crippen MR) is 158 cm³/mol. The summed E-state index contributed by atoms with van der Waals surface area (Å²) < 4.78 is 34.3. The molecule has 0 aliphatic heterocycles. The van der Waals surface area contributed by atoms with Gasteiger partial charge in [0.1, 0.15) is 4.90 Å². The molecule has 1 heterocycles. The van der Waals surface area contributed by atoms with Gasteiger partial charge in [-0.15, -0.1) is 0 Å². The van der Waals surface area contributed by atoms with Gasteiger partial charge in [0.15, 0.2) is 11.0 Å². The van der Waals surface area contributed by atoms with Crippen molar-refractivity contribution in [2.45, 2.75) is 95.8 Å². The molecule has 2 aromatic rings. The molecule has 1 aromatic carbocycles. The molecular weight excluding hydrogens is 550 g/mol. The molecule has 0 saturated heterocycles. The Kier molecular flexibility index (Phi) is 15.6. The van der Waals surface area contributed by atoms with Crippen molar-refractivity contribution < 1.29 is 32.8 Å². The molecule has 0 saturated carbocycles. The van der Waals surface area contributed by atoms with Crippen LogP contribution in [0.25, 0.3) is 11.0 Å². The normalized spacial score (nSPS) is 12.0. The first-order valence-corrected chi connectivity index (χ1v) is 16.3. The van der Waals surface area contributed by atoms with Crippen LogP contribution in [0.3, 0.4) is 0 Å². The number of benzene rings is 1. The first-order chi connectivity index (χ1) is 19.7. The van der Waals surface area contributed by atoms with E-state index in [4.69, 9.17) is 14.8 Å². The largest absolute Gasteiger partial charge is 0.480 e. The predicted octanol–water partition coefficient (Wildman–Crippen LogP) is 4.82. The van der Waals surface area contributed by atoms with Crippen LogP contribution >= 0.6 is 0 Å². The highest BCUT2D eigenvalue weighted by molar-refractivity contribution is 7.89. The molecule has 12 nitrogen and oxygen atoms in total. The Bertz CT molecular complexity index is 1140. The van der Waals surface area contributed by atoms with Gasteiger partial charge in [-0.2, -0.15) is 4.31 Å². The lowest BCUT2D eigenvalue weighted by atomic mass is 10.1. The summed E-state index contributed by atoms with van der Waals surface area (Å²) in [6.45, 7) is 4.73. The van der Waals surface area contributed by atoms with E-state index in [9.17, 15) is 18.0 Å². The maximum Gasteiger partial charge on any atom is 0.317 e. The number of rotatable bonds is 24. The Labute approximate surface area is 243 Å².